The molecule has 4 nitrogen and oxygen atoms in total. The molecule has 3 rings (SSSR count). The van der Waals surface area contributed by atoms with Crippen molar-refractivity contribution >= 4 is 0 Å². The Labute approximate surface area is 125 Å². The number of hydrogen-bond acceptors (Lipinski definition) is 3. The predicted octanol–water partition coefficient (Wildman–Crippen LogP) is 2.43. The molecule has 0 radical (unpaired) electrons. The van der Waals surface area contributed by atoms with Crippen LogP contribution in [0, 0.1) is 5.92 Å². The summed E-state index contributed by atoms with van der Waals surface area (Å²) in [4.78, 5) is 0. The lowest BCUT2D eigenvalue weighted by molar-refractivity contribution is 0.00629. The second kappa shape index (κ2) is 6.00. The molecule has 2 unspecified atom stereocenters. The van der Waals surface area contributed by atoms with Crippen LogP contribution in [-0.2, 0) is 6.54 Å². The van der Waals surface area contributed by atoms with E-state index >= 15 is 0 Å². The first-order chi connectivity index (χ1) is 10.2. The number of hydrogen-bond donors (Lipinski definition) is 2. The SMILES string of the molecule is NCC1(O)CCCC1CCn1cc(-c2ccccc2)cn1. The molecule has 2 aromatic rings. The number of aliphatic hydroxyl groups is 1. The van der Waals surface area contributed by atoms with Gasteiger partial charge in [0.25, 0.3) is 0 Å². The van der Waals surface area contributed by atoms with Crippen LogP contribution in [0.5, 0.6) is 0 Å². The van der Waals surface area contributed by atoms with Gasteiger partial charge in [0.1, 0.15) is 0 Å². The summed E-state index contributed by atoms with van der Waals surface area (Å²) in [5.41, 5.74) is 7.40. The maximum absolute atomic E-state index is 10.5. The van der Waals surface area contributed by atoms with Gasteiger partial charge in [0.15, 0.2) is 0 Å². The van der Waals surface area contributed by atoms with Gasteiger partial charge in [0.2, 0.25) is 0 Å². The van der Waals surface area contributed by atoms with Crippen LogP contribution in [-0.4, -0.2) is 27.0 Å². The molecule has 1 aliphatic rings. The van der Waals surface area contributed by atoms with Crippen LogP contribution in [0.1, 0.15) is 25.7 Å². The standard InChI is InChI=1S/C17H23N3O/c18-13-17(21)9-4-7-16(17)8-10-20-12-15(11-19-20)14-5-2-1-3-6-14/h1-3,5-6,11-12,16,21H,4,7-10,13,18H2. The van der Waals surface area contributed by atoms with E-state index in [2.05, 4.69) is 23.4 Å². The third kappa shape index (κ3) is 3.01. The molecule has 3 N–H and O–H groups in total. The molecule has 1 heterocycles. The highest BCUT2D eigenvalue weighted by Crippen LogP contribution is 2.37. The van der Waals surface area contributed by atoms with Gasteiger partial charge in [0.05, 0.1) is 11.8 Å². The van der Waals surface area contributed by atoms with Gasteiger partial charge in [-0.3, -0.25) is 4.68 Å². The summed E-state index contributed by atoms with van der Waals surface area (Å²) in [5, 5.41) is 14.9. The van der Waals surface area contributed by atoms with Crippen LogP contribution >= 0.6 is 0 Å². The summed E-state index contributed by atoms with van der Waals surface area (Å²) >= 11 is 0. The summed E-state index contributed by atoms with van der Waals surface area (Å²) < 4.78 is 1.97. The fourth-order valence-corrected chi connectivity index (χ4v) is 3.36. The maximum Gasteiger partial charge on any atom is 0.0798 e. The molecule has 2 atom stereocenters. The van der Waals surface area contributed by atoms with Crippen LogP contribution in [0.25, 0.3) is 11.1 Å². The van der Waals surface area contributed by atoms with Crippen LogP contribution in [0.4, 0.5) is 0 Å². The molecule has 0 amide bonds. The van der Waals surface area contributed by atoms with Gasteiger partial charge in [-0.25, -0.2) is 0 Å². The van der Waals surface area contributed by atoms with E-state index in [1.165, 1.54) is 5.56 Å². The minimum absolute atomic E-state index is 0.298. The highest BCUT2D eigenvalue weighted by atomic mass is 16.3. The Kier molecular flexibility index (Phi) is 4.08. The van der Waals surface area contributed by atoms with E-state index in [4.69, 9.17) is 5.73 Å². The highest BCUT2D eigenvalue weighted by molar-refractivity contribution is 5.61. The fraction of sp³-hybridized carbons (Fsp3) is 0.471. The number of aryl methyl sites for hydroxylation is 1. The van der Waals surface area contributed by atoms with Gasteiger partial charge in [-0.05, 0) is 30.7 Å². The van der Waals surface area contributed by atoms with Crippen molar-refractivity contribution in [1.82, 2.24) is 9.78 Å². The summed E-state index contributed by atoms with van der Waals surface area (Å²) in [5.74, 6) is 0.298. The van der Waals surface area contributed by atoms with Gasteiger partial charge in [0, 0.05) is 24.8 Å². The molecule has 1 aromatic carbocycles. The van der Waals surface area contributed by atoms with Crippen LogP contribution in [0.2, 0.25) is 0 Å². The molecule has 112 valence electrons. The number of benzene rings is 1. The summed E-state index contributed by atoms with van der Waals surface area (Å²) in [6.07, 6.45) is 7.89. The molecule has 0 spiro atoms. The molecule has 1 saturated carbocycles. The molecular weight excluding hydrogens is 262 g/mol. The fourth-order valence-electron chi connectivity index (χ4n) is 3.36. The van der Waals surface area contributed by atoms with Crippen molar-refractivity contribution in [2.24, 2.45) is 11.7 Å². The zero-order valence-corrected chi connectivity index (χ0v) is 12.3. The van der Waals surface area contributed by atoms with E-state index in [1.807, 2.05) is 29.1 Å². The number of rotatable bonds is 5. The number of aromatic nitrogens is 2. The smallest absolute Gasteiger partial charge is 0.0798 e. The summed E-state index contributed by atoms with van der Waals surface area (Å²) in [7, 11) is 0. The Balaban J connectivity index is 1.63. The second-order valence-electron chi connectivity index (χ2n) is 6.04. The normalized spacial score (nSPS) is 25.3. The lowest BCUT2D eigenvalue weighted by Gasteiger charge is -2.28. The lowest BCUT2D eigenvalue weighted by atomic mass is 9.88. The van der Waals surface area contributed by atoms with Crippen molar-refractivity contribution in [2.45, 2.75) is 37.8 Å². The van der Waals surface area contributed by atoms with E-state index in [0.29, 0.717) is 12.5 Å². The third-order valence-corrected chi connectivity index (χ3v) is 4.72. The Bertz CT molecular complexity index is 581. The average Bonchev–Trinajstić information content (AvgIpc) is 3.13. The molecule has 0 bridgehead atoms. The zero-order chi connectivity index (χ0) is 14.7. The van der Waals surface area contributed by atoms with Gasteiger partial charge in [-0.2, -0.15) is 5.10 Å². The van der Waals surface area contributed by atoms with E-state index in [-0.39, 0.29) is 0 Å². The van der Waals surface area contributed by atoms with Crippen LogP contribution in [0.15, 0.2) is 42.7 Å². The van der Waals surface area contributed by atoms with E-state index in [1.54, 1.807) is 0 Å². The minimum Gasteiger partial charge on any atom is -0.388 e. The molecule has 0 saturated heterocycles. The van der Waals surface area contributed by atoms with Crippen molar-refractivity contribution in [3.05, 3.63) is 42.7 Å². The first-order valence-electron chi connectivity index (χ1n) is 7.71. The number of nitrogens with zero attached hydrogens (tertiary/aromatic N) is 2. The largest absolute Gasteiger partial charge is 0.388 e. The maximum atomic E-state index is 10.5. The van der Waals surface area contributed by atoms with Crippen molar-refractivity contribution in [2.75, 3.05) is 6.54 Å². The van der Waals surface area contributed by atoms with Crippen molar-refractivity contribution in [3.8, 4) is 11.1 Å². The van der Waals surface area contributed by atoms with Gasteiger partial charge in [-0.1, -0.05) is 36.8 Å². The quantitative estimate of drug-likeness (QED) is 0.887. The van der Waals surface area contributed by atoms with Crippen LogP contribution in [0.3, 0.4) is 0 Å². The van der Waals surface area contributed by atoms with Gasteiger partial charge < -0.3 is 10.8 Å². The molecule has 1 fully saturated rings. The van der Waals surface area contributed by atoms with Crippen LogP contribution < -0.4 is 5.73 Å². The van der Waals surface area contributed by atoms with Crippen molar-refractivity contribution < 1.29 is 5.11 Å². The second-order valence-corrected chi connectivity index (χ2v) is 6.04. The van der Waals surface area contributed by atoms with Crippen molar-refractivity contribution in [3.63, 3.8) is 0 Å². The minimum atomic E-state index is -0.657. The number of nitrogens with two attached hydrogens (primary N) is 1. The molecule has 1 aromatic heterocycles. The highest BCUT2D eigenvalue weighted by Gasteiger charge is 2.39. The predicted molar refractivity (Wildman–Crippen MR) is 83.6 cm³/mol. The molecule has 21 heavy (non-hydrogen) atoms. The average molecular weight is 285 g/mol. The molecule has 0 aliphatic heterocycles. The first-order valence-corrected chi connectivity index (χ1v) is 7.71. The Morgan fingerprint density at radius 3 is 2.86 bits per heavy atom. The first kappa shape index (κ1) is 14.3. The van der Waals surface area contributed by atoms with E-state index in [9.17, 15) is 5.11 Å². The zero-order valence-electron chi connectivity index (χ0n) is 12.3. The van der Waals surface area contributed by atoms with Crippen molar-refractivity contribution in [1.29, 1.82) is 0 Å². The van der Waals surface area contributed by atoms with Gasteiger partial charge in [-0.15, -0.1) is 0 Å². The molecule has 1 aliphatic carbocycles. The third-order valence-electron chi connectivity index (χ3n) is 4.72. The summed E-state index contributed by atoms with van der Waals surface area (Å²) in [6, 6.07) is 10.3. The van der Waals surface area contributed by atoms with Gasteiger partial charge >= 0.3 is 0 Å². The summed E-state index contributed by atoms with van der Waals surface area (Å²) in [6.45, 7) is 1.20. The van der Waals surface area contributed by atoms with E-state index < -0.39 is 5.60 Å². The molecular formula is C17H23N3O. The topological polar surface area (TPSA) is 64.1 Å². The Morgan fingerprint density at radius 2 is 2.10 bits per heavy atom. The monoisotopic (exact) mass is 285 g/mol. The van der Waals surface area contributed by atoms with E-state index in [0.717, 1.165) is 37.8 Å². The Hall–Kier alpha value is -1.65. The lowest BCUT2D eigenvalue weighted by Crippen LogP contribution is -2.41. The molecule has 4 heteroatoms. The Morgan fingerprint density at radius 1 is 1.29 bits per heavy atom.